The minimum Gasteiger partial charge on any atom is -0.465 e. The van der Waals surface area contributed by atoms with Crippen LogP contribution in [0.3, 0.4) is 0 Å². The molecule has 0 saturated heterocycles. The molecule has 1 heterocycles. The van der Waals surface area contributed by atoms with E-state index in [-0.39, 0.29) is 11.7 Å². The second-order valence-electron chi connectivity index (χ2n) is 4.58. The lowest BCUT2D eigenvalue weighted by atomic mass is 10.1. The van der Waals surface area contributed by atoms with Crippen LogP contribution in [0.2, 0.25) is 5.02 Å². The van der Waals surface area contributed by atoms with Crippen molar-refractivity contribution < 1.29 is 9.34 Å². The van der Waals surface area contributed by atoms with Crippen LogP contribution in [-0.4, -0.2) is 4.92 Å². The molecular formula is C14H15ClN2O3. The standard InChI is InChI=1S/C14H15ClN2O3/c1-9-3-6-14(20-9)10(2)16-8-11-7-12(15)4-5-13(11)17(18)19/h3-7,10,16H,8H2,1-2H3. The van der Waals surface area contributed by atoms with Crippen molar-refractivity contribution in [2.24, 2.45) is 0 Å². The molecule has 2 rings (SSSR count). The molecule has 0 amide bonds. The molecule has 106 valence electrons. The third kappa shape index (κ3) is 3.37. The van der Waals surface area contributed by atoms with Crippen LogP contribution < -0.4 is 5.32 Å². The molecule has 1 atom stereocenters. The number of furan rings is 1. The summed E-state index contributed by atoms with van der Waals surface area (Å²) < 4.78 is 5.51. The van der Waals surface area contributed by atoms with Gasteiger partial charge >= 0.3 is 0 Å². The Morgan fingerprint density at radius 1 is 1.40 bits per heavy atom. The largest absolute Gasteiger partial charge is 0.465 e. The first-order valence-corrected chi connectivity index (χ1v) is 6.57. The highest BCUT2D eigenvalue weighted by atomic mass is 35.5. The van der Waals surface area contributed by atoms with Crippen molar-refractivity contribution in [1.29, 1.82) is 0 Å². The molecule has 0 spiro atoms. The molecule has 6 heteroatoms. The molecule has 0 aliphatic rings. The molecule has 0 fully saturated rings. The Bertz CT molecular complexity index is 625. The number of hydrogen-bond donors (Lipinski definition) is 1. The average molecular weight is 295 g/mol. The summed E-state index contributed by atoms with van der Waals surface area (Å²) in [5.74, 6) is 1.63. The zero-order valence-electron chi connectivity index (χ0n) is 11.2. The predicted molar refractivity (Wildman–Crippen MR) is 76.8 cm³/mol. The molecule has 0 aliphatic carbocycles. The highest BCUT2D eigenvalue weighted by molar-refractivity contribution is 6.30. The van der Waals surface area contributed by atoms with Crippen LogP contribution in [0.1, 0.15) is 30.0 Å². The normalized spacial score (nSPS) is 12.3. The van der Waals surface area contributed by atoms with Gasteiger partial charge in [-0.3, -0.25) is 10.1 Å². The summed E-state index contributed by atoms with van der Waals surface area (Å²) in [5.41, 5.74) is 0.613. The first-order valence-electron chi connectivity index (χ1n) is 6.20. The molecule has 0 radical (unpaired) electrons. The quantitative estimate of drug-likeness (QED) is 0.668. The Balaban J connectivity index is 2.10. The monoisotopic (exact) mass is 294 g/mol. The highest BCUT2D eigenvalue weighted by Crippen LogP contribution is 2.24. The molecule has 0 aliphatic heterocycles. The molecule has 0 bridgehead atoms. The zero-order valence-corrected chi connectivity index (χ0v) is 12.0. The Morgan fingerprint density at radius 2 is 2.15 bits per heavy atom. The van der Waals surface area contributed by atoms with Crippen molar-refractivity contribution in [2.75, 3.05) is 0 Å². The summed E-state index contributed by atoms with van der Waals surface area (Å²) in [7, 11) is 0. The summed E-state index contributed by atoms with van der Waals surface area (Å²) in [6.07, 6.45) is 0. The maximum Gasteiger partial charge on any atom is 0.273 e. The molecule has 1 aromatic carbocycles. The minimum absolute atomic E-state index is 0.0396. The van der Waals surface area contributed by atoms with Gasteiger partial charge in [-0.05, 0) is 38.1 Å². The summed E-state index contributed by atoms with van der Waals surface area (Å²) in [6.45, 7) is 4.16. The molecule has 1 unspecified atom stereocenters. The van der Waals surface area contributed by atoms with E-state index in [0.717, 1.165) is 11.5 Å². The van der Waals surface area contributed by atoms with Crippen molar-refractivity contribution in [3.05, 3.63) is 62.6 Å². The zero-order chi connectivity index (χ0) is 14.7. The first kappa shape index (κ1) is 14.6. The highest BCUT2D eigenvalue weighted by Gasteiger charge is 2.15. The summed E-state index contributed by atoms with van der Waals surface area (Å²) in [4.78, 5) is 10.6. The number of aryl methyl sites for hydroxylation is 1. The van der Waals surface area contributed by atoms with Gasteiger partial charge in [0.1, 0.15) is 11.5 Å². The maximum atomic E-state index is 11.0. The van der Waals surface area contributed by atoms with E-state index in [1.54, 1.807) is 6.07 Å². The van der Waals surface area contributed by atoms with Crippen molar-refractivity contribution in [1.82, 2.24) is 5.32 Å². The second kappa shape index (κ2) is 6.07. The maximum absolute atomic E-state index is 11.0. The molecule has 5 nitrogen and oxygen atoms in total. The van der Waals surface area contributed by atoms with E-state index in [1.165, 1.54) is 12.1 Å². The van der Waals surface area contributed by atoms with Gasteiger partial charge in [-0.2, -0.15) is 0 Å². The lowest BCUT2D eigenvalue weighted by Crippen LogP contribution is -2.18. The van der Waals surface area contributed by atoms with Crippen LogP contribution in [0, 0.1) is 17.0 Å². The molecule has 1 aromatic heterocycles. The Kier molecular flexibility index (Phi) is 4.42. The van der Waals surface area contributed by atoms with E-state index < -0.39 is 4.92 Å². The number of nitrogens with one attached hydrogen (secondary N) is 1. The third-order valence-electron chi connectivity index (χ3n) is 3.02. The van der Waals surface area contributed by atoms with Crippen LogP contribution in [-0.2, 0) is 6.54 Å². The SMILES string of the molecule is Cc1ccc(C(C)NCc2cc(Cl)ccc2[N+](=O)[O-])o1. The topological polar surface area (TPSA) is 68.3 Å². The van der Waals surface area contributed by atoms with Crippen molar-refractivity contribution >= 4 is 17.3 Å². The van der Waals surface area contributed by atoms with Gasteiger partial charge in [0, 0.05) is 23.2 Å². The van der Waals surface area contributed by atoms with Crippen LogP contribution in [0.25, 0.3) is 0 Å². The fraction of sp³-hybridized carbons (Fsp3) is 0.286. The number of benzene rings is 1. The fourth-order valence-electron chi connectivity index (χ4n) is 1.92. The number of nitrogens with zero attached hydrogens (tertiary/aromatic N) is 1. The van der Waals surface area contributed by atoms with E-state index in [2.05, 4.69) is 5.32 Å². The van der Waals surface area contributed by atoms with Gasteiger partial charge < -0.3 is 9.73 Å². The van der Waals surface area contributed by atoms with E-state index in [4.69, 9.17) is 16.0 Å². The van der Waals surface area contributed by atoms with Gasteiger partial charge in [-0.25, -0.2) is 0 Å². The van der Waals surface area contributed by atoms with Gasteiger partial charge in [0.2, 0.25) is 0 Å². The molecule has 20 heavy (non-hydrogen) atoms. The predicted octanol–water partition coefficient (Wildman–Crippen LogP) is 4.00. The van der Waals surface area contributed by atoms with Gasteiger partial charge in [-0.1, -0.05) is 11.6 Å². The molecule has 1 N–H and O–H groups in total. The lowest BCUT2D eigenvalue weighted by molar-refractivity contribution is -0.385. The summed E-state index contributed by atoms with van der Waals surface area (Å²) >= 11 is 5.89. The number of hydrogen-bond acceptors (Lipinski definition) is 4. The third-order valence-corrected chi connectivity index (χ3v) is 3.26. The average Bonchev–Trinajstić information content (AvgIpc) is 2.82. The van der Waals surface area contributed by atoms with Gasteiger partial charge in [-0.15, -0.1) is 0 Å². The first-order chi connectivity index (χ1) is 9.47. The number of nitro groups is 1. The van der Waals surface area contributed by atoms with Gasteiger partial charge in [0.05, 0.1) is 11.0 Å². The van der Waals surface area contributed by atoms with Crippen molar-refractivity contribution in [3.63, 3.8) is 0 Å². The summed E-state index contributed by atoms with van der Waals surface area (Å²) in [5, 5.41) is 14.6. The van der Waals surface area contributed by atoms with Crippen LogP contribution in [0.4, 0.5) is 5.69 Å². The van der Waals surface area contributed by atoms with Crippen LogP contribution in [0.5, 0.6) is 0 Å². The Hall–Kier alpha value is -1.85. The van der Waals surface area contributed by atoms with Crippen molar-refractivity contribution in [3.8, 4) is 0 Å². The Labute approximate surface area is 121 Å². The smallest absolute Gasteiger partial charge is 0.273 e. The van der Waals surface area contributed by atoms with Crippen LogP contribution >= 0.6 is 11.6 Å². The molecule has 2 aromatic rings. The Morgan fingerprint density at radius 3 is 2.75 bits per heavy atom. The van der Waals surface area contributed by atoms with Gasteiger partial charge in [0.25, 0.3) is 5.69 Å². The number of halogens is 1. The van der Waals surface area contributed by atoms with E-state index in [1.807, 2.05) is 26.0 Å². The fourth-order valence-corrected chi connectivity index (χ4v) is 2.12. The van der Waals surface area contributed by atoms with E-state index in [9.17, 15) is 10.1 Å². The molecule has 0 saturated carbocycles. The van der Waals surface area contributed by atoms with E-state index >= 15 is 0 Å². The number of rotatable bonds is 5. The minimum atomic E-state index is -0.408. The summed E-state index contributed by atoms with van der Waals surface area (Å²) in [6, 6.07) is 8.27. The van der Waals surface area contributed by atoms with Gasteiger partial charge in [0.15, 0.2) is 0 Å². The number of nitro benzene ring substituents is 1. The second-order valence-corrected chi connectivity index (χ2v) is 5.02. The lowest BCUT2D eigenvalue weighted by Gasteiger charge is -2.11. The van der Waals surface area contributed by atoms with Crippen LogP contribution in [0.15, 0.2) is 34.7 Å². The van der Waals surface area contributed by atoms with E-state index in [0.29, 0.717) is 17.1 Å². The van der Waals surface area contributed by atoms with Crippen molar-refractivity contribution in [2.45, 2.75) is 26.4 Å². The molecular weight excluding hydrogens is 280 g/mol.